The molecule has 5 unspecified atom stereocenters. The van der Waals surface area contributed by atoms with E-state index < -0.39 is 9.84 Å². The Morgan fingerprint density at radius 2 is 2.00 bits per heavy atom. The van der Waals surface area contributed by atoms with Crippen molar-refractivity contribution < 1.29 is 12.8 Å². The quantitative estimate of drug-likeness (QED) is 0.590. The molecule has 2 aromatic rings. The van der Waals surface area contributed by atoms with Gasteiger partial charge in [-0.15, -0.1) is 0 Å². The number of nitrogens with zero attached hydrogens (tertiary/aromatic N) is 1. The van der Waals surface area contributed by atoms with Gasteiger partial charge in [0.15, 0.2) is 9.84 Å². The third kappa shape index (κ3) is 4.66. The summed E-state index contributed by atoms with van der Waals surface area (Å²) in [6.45, 7) is 2.48. The maximum absolute atomic E-state index is 15.3. The first kappa shape index (κ1) is 24.1. The number of hydrogen-bond donors (Lipinski definition) is 3. The standard InChI is InChI=1S/C24H28ClFN4O2S/c1-13-6-14(12-28-2)7-21(26)23(13)18-10-19-22(8-15(18)11-27)29-30-24(19)17-5-4-16(9-20(17)25)33(3,31)32/h4-7,9,15,18-19,22,24,28-30H,8,10,12H2,1-3H3. The van der Waals surface area contributed by atoms with E-state index in [9.17, 15) is 13.7 Å². The minimum absolute atomic E-state index is 0.0356. The van der Waals surface area contributed by atoms with E-state index in [1.54, 1.807) is 18.2 Å². The predicted molar refractivity (Wildman–Crippen MR) is 126 cm³/mol. The summed E-state index contributed by atoms with van der Waals surface area (Å²) < 4.78 is 39.0. The number of hydrazine groups is 1. The van der Waals surface area contributed by atoms with Crippen LogP contribution in [0.4, 0.5) is 4.39 Å². The molecule has 0 radical (unpaired) electrons. The van der Waals surface area contributed by atoms with Gasteiger partial charge >= 0.3 is 0 Å². The Morgan fingerprint density at radius 3 is 2.61 bits per heavy atom. The first-order valence-corrected chi connectivity index (χ1v) is 13.2. The van der Waals surface area contributed by atoms with Crippen LogP contribution < -0.4 is 16.2 Å². The van der Waals surface area contributed by atoms with E-state index >= 15 is 4.39 Å². The molecule has 33 heavy (non-hydrogen) atoms. The fourth-order valence-corrected chi connectivity index (χ4v) is 6.45. The van der Waals surface area contributed by atoms with Crippen LogP contribution in [0.15, 0.2) is 35.2 Å². The SMILES string of the molecule is CNCc1cc(C)c(C2CC3C(CC2C#N)NNC3c2ccc(S(C)(=O)=O)cc2Cl)c(F)c1. The monoisotopic (exact) mass is 490 g/mol. The molecule has 1 saturated carbocycles. The van der Waals surface area contributed by atoms with E-state index in [0.717, 1.165) is 22.9 Å². The van der Waals surface area contributed by atoms with Crippen molar-refractivity contribution >= 4 is 21.4 Å². The minimum Gasteiger partial charge on any atom is -0.316 e. The van der Waals surface area contributed by atoms with Crippen molar-refractivity contribution in [2.24, 2.45) is 11.8 Å². The molecule has 2 aliphatic rings. The number of sulfone groups is 1. The summed E-state index contributed by atoms with van der Waals surface area (Å²) in [4.78, 5) is 0.171. The van der Waals surface area contributed by atoms with Gasteiger partial charge in [0.1, 0.15) is 5.82 Å². The first-order chi connectivity index (χ1) is 15.6. The van der Waals surface area contributed by atoms with Gasteiger partial charge in [-0.1, -0.05) is 23.7 Å². The molecule has 5 atom stereocenters. The van der Waals surface area contributed by atoms with Crippen LogP contribution in [0, 0.1) is 35.9 Å². The lowest BCUT2D eigenvalue weighted by atomic mass is 9.66. The summed E-state index contributed by atoms with van der Waals surface area (Å²) in [5.74, 6) is -0.754. The van der Waals surface area contributed by atoms with E-state index in [0.29, 0.717) is 30.0 Å². The van der Waals surface area contributed by atoms with Crippen molar-refractivity contribution in [1.29, 1.82) is 5.26 Å². The zero-order valence-electron chi connectivity index (χ0n) is 18.8. The number of hydrogen-bond acceptors (Lipinski definition) is 6. The molecular formula is C24H28ClFN4O2S. The number of nitrogens with one attached hydrogen (secondary N) is 3. The van der Waals surface area contributed by atoms with Crippen molar-refractivity contribution in [3.8, 4) is 6.07 Å². The number of aryl methyl sites for hydroxylation is 1. The number of rotatable bonds is 5. The zero-order valence-corrected chi connectivity index (χ0v) is 20.4. The number of benzene rings is 2. The van der Waals surface area contributed by atoms with Gasteiger partial charge in [-0.05, 0) is 73.2 Å². The van der Waals surface area contributed by atoms with Gasteiger partial charge in [-0.25, -0.2) is 18.2 Å². The van der Waals surface area contributed by atoms with Crippen LogP contribution >= 0.6 is 11.6 Å². The molecule has 6 nitrogen and oxygen atoms in total. The van der Waals surface area contributed by atoms with E-state index in [-0.39, 0.29) is 40.6 Å². The lowest BCUT2D eigenvalue weighted by Gasteiger charge is -2.37. The van der Waals surface area contributed by atoms with Crippen molar-refractivity contribution in [2.75, 3.05) is 13.3 Å². The molecular weight excluding hydrogens is 463 g/mol. The van der Waals surface area contributed by atoms with Gasteiger partial charge in [-0.3, -0.25) is 5.43 Å². The Balaban J connectivity index is 1.68. The Morgan fingerprint density at radius 1 is 1.24 bits per heavy atom. The van der Waals surface area contributed by atoms with E-state index in [1.807, 2.05) is 20.0 Å². The fourth-order valence-electron chi connectivity index (χ4n) is 5.44. The van der Waals surface area contributed by atoms with Gasteiger partial charge < -0.3 is 5.32 Å². The molecule has 0 bridgehead atoms. The normalized spacial score (nSPS) is 27.2. The summed E-state index contributed by atoms with van der Waals surface area (Å²) in [5.41, 5.74) is 9.72. The van der Waals surface area contributed by atoms with Gasteiger partial charge in [0, 0.05) is 29.8 Å². The summed E-state index contributed by atoms with van der Waals surface area (Å²) in [7, 11) is -1.54. The lowest BCUT2D eigenvalue weighted by molar-refractivity contribution is 0.234. The van der Waals surface area contributed by atoms with Crippen molar-refractivity contribution in [3.05, 3.63) is 63.4 Å². The topological polar surface area (TPSA) is 94.0 Å². The molecule has 1 saturated heterocycles. The van der Waals surface area contributed by atoms with Crippen molar-refractivity contribution in [3.63, 3.8) is 0 Å². The predicted octanol–water partition coefficient (Wildman–Crippen LogP) is 3.76. The van der Waals surface area contributed by atoms with Crippen LogP contribution in [0.3, 0.4) is 0 Å². The third-order valence-corrected chi connectivity index (χ3v) is 8.38. The molecule has 2 aromatic carbocycles. The van der Waals surface area contributed by atoms with Gasteiger partial charge in [0.05, 0.1) is 22.9 Å². The molecule has 0 aromatic heterocycles. The van der Waals surface area contributed by atoms with Gasteiger partial charge in [0.25, 0.3) is 0 Å². The maximum Gasteiger partial charge on any atom is 0.175 e. The van der Waals surface area contributed by atoms with E-state index in [2.05, 4.69) is 22.2 Å². The maximum atomic E-state index is 15.3. The van der Waals surface area contributed by atoms with Crippen molar-refractivity contribution in [2.45, 2.75) is 49.2 Å². The van der Waals surface area contributed by atoms with Gasteiger partial charge in [0.2, 0.25) is 0 Å². The van der Waals surface area contributed by atoms with Crippen LogP contribution in [0.2, 0.25) is 5.02 Å². The second kappa shape index (κ2) is 9.32. The highest BCUT2D eigenvalue weighted by molar-refractivity contribution is 7.90. The molecule has 1 heterocycles. The number of fused-ring (bicyclic) bond motifs is 1. The third-order valence-electron chi connectivity index (χ3n) is 6.94. The van der Waals surface area contributed by atoms with Gasteiger partial charge in [-0.2, -0.15) is 5.26 Å². The summed E-state index contributed by atoms with van der Waals surface area (Å²) in [6.07, 6.45) is 2.35. The molecule has 2 fully saturated rings. The molecule has 4 rings (SSSR count). The Kier molecular flexibility index (Phi) is 6.81. The molecule has 0 amide bonds. The molecule has 3 N–H and O–H groups in total. The summed E-state index contributed by atoms with van der Waals surface area (Å²) in [5, 5.41) is 13.3. The number of nitriles is 1. The largest absolute Gasteiger partial charge is 0.316 e. The highest BCUT2D eigenvalue weighted by Crippen LogP contribution is 2.49. The smallest absolute Gasteiger partial charge is 0.175 e. The molecule has 9 heteroatoms. The molecule has 1 aliphatic heterocycles. The Hall–Kier alpha value is -2.02. The Labute approximate surface area is 199 Å². The molecule has 1 aliphatic carbocycles. The average Bonchev–Trinajstić information content (AvgIpc) is 3.14. The van der Waals surface area contributed by atoms with E-state index in [4.69, 9.17) is 11.6 Å². The van der Waals surface area contributed by atoms with Crippen LogP contribution in [0.25, 0.3) is 0 Å². The van der Waals surface area contributed by atoms with Crippen LogP contribution in [-0.4, -0.2) is 27.8 Å². The fraction of sp³-hybridized carbons (Fsp3) is 0.458. The highest BCUT2D eigenvalue weighted by atomic mass is 35.5. The van der Waals surface area contributed by atoms with Crippen LogP contribution in [-0.2, 0) is 16.4 Å². The first-order valence-electron chi connectivity index (χ1n) is 11.0. The summed E-state index contributed by atoms with van der Waals surface area (Å²) >= 11 is 6.50. The summed E-state index contributed by atoms with van der Waals surface area (Å²) in [6, 6.07) is 10.6. The lowest BCUT2D eigenvalue weighted by Crippen LogP contribution is -2.39. The minimum atomic E-state index is -3.36. The van der Waals surface area contributed by atoms with Crippen LogP contribution in [0.5, 0.6) is 0 Å². The van der Waals surface area contributed by atoms with Crippen LogP contribution in [0.1, 0.15) is 47.1 Å². The van der Waals surface area contributed by atoms with Crippen molar-refractivity contribution in [1.82, 2.24) is 16.2 Å². The molecule has 176 valence electrons. The second-order valence-electron chi connectivity index (χ2n) is 9.14. The second-order valence-corrected chi connectivity index (χ2v) is 11.6. The highest BCUT2D eigenvalue weighted by Gasteiger charge is 2.46. The zero-order chi connectivity index (χ0) is 23.9. The van der Waals surface area contributed by atoms with E-state index in [1.165, 1.54) is 6.07 Å². The Bertz CT molecular complexity index is 1190. The number of halogens is 2. The average molecular weight is 491 g/mol. The molecule has 0 spiro atoms.